The molecule has 0 unspecified atom stereocenters. The zero-order valence-corrected chi connectivity index (χ0v) is 12.9. The molecule has 1 aromatic carbocycles. The van der Waals surface area contributed by atoms with Crippen LogP contribution in [0.2, 0.25) is 0 Å². The van der Waals surface area contributed by atoms with Gasteiger partial charge in [-0.05, 0) is 43.0 Å². The fraction of sp³-hybridized carbons (Fsp3) is 0.333. The smallest absolute Gasteiger partial charge is 0.210 e. The van der Waals surface area contributed by atoms with Crippen LogP contribution >= 0.6 is 0 Å². The van der Waals surface area contributed by atoms with E-state index < -0.39 is 0 Å². The molecule has 1 aromatic heterocycles. The summed E-state index contributed by atoms with van der Waals surface area (Å²) in [6.45, 7) is 0.847. The molecule has 4 heteroatoms. The Morgan fingerprint density at radius 1 is 1.18 bits per heavy atom. The Morgan fingerprint density at radius 2 is 2.00 bits per heavy atom. The van der Waals surface area contributed by atoms with Crippen molar-refractivity contribution < 1.29 is 4.79 Å². The van der Waals surface area contributed by atoms with E-state index in [1.807, 2.05) is 42.4 Å². The van der Waals surface area contributed by atoms with Gasteiger partial charge < -0.3 is 9.80 Å². The molecule has 0 aliphatic carbocycles. The molecular formula is C18H21N3O. The first-order chi connectivity index (χ1) is 10.8. The minimum Gasteiger partial charge on any atom is -0.338 e. The highest BCUT2D eigenvalue weighted by Crippen LogP contribution is 2.30. The standard InChI is InChI=1S/C18H21N3O/c1-20(16-7-3-2-4-8-16)18-11-10-15(13-19-18)17-9-5-6-12-21(17)14-22/h2-4,7-8,10-11,13-14,17H,5-6,9,12H2,1H3/t17-/m0/s1. The van der Waals surface area contributed by atoms with Crippen LogP contribution in [0.1, 0.15) is 30.9 Å². The van der Waals surface area contributed by atoms with Gasteiger partial charge in [0, 0.05) is 25.5 Å². The fourth-order valence-corrected chi connectivity index (χ4v) is 3.01. The van der Waals surface area contributed by atoms with Crippen molar-refractivity contribution in [3.05, 3.63) is 54.2 Å². The summed E-state index contributed by atoms with van der Waals surface area (Å²) in [4.78, 5) is 19.7. The first-order valence-electron chi connectivity index (χ1n) is 7.75. The molecule has 0 saturated carbocycles. The molecule has 1 amide bonds. The molecule has 114 valence electrons. The highest BCUT2D eigenvalue weighted by Gasteiger charge is 2.22. The summed E-state index contributed by atoms with van der Waals surface area (Å²) in [7, 11) is 2.01. The molecule has 1 aliphatic heterocycles. The molecule has 1 saturated heterocycles. The Bertz CT molecular complexity index is 612. The average Bonchev–Trinajstić information content (AvgIpc) is 2.62. The maximum Gasteiger partial charge on any atom is 0.210 e. The lowest BCUT2D eigenvalue weighted by Crippen LogP contribution is -2.32. The first-order valence-corrected chi connectivity index (χ1v) is 7.75. The highest BCUT2D eigenvalue weighted by molar-refractivity contribution is 5.59. The molecule has 0 N–H and O–H groups in total. The van der Waals surface area contributed by atoms with Crippen LogP contribution in [0.4, 0.5) is 11.5 Å². The molecule has 0 bridgehead atoms. The van der Waals surface area contributed by atoms with Crippen molar-refractivity contribution in [3.8, 4) is 0 Å². The summed E-state index contributed by atoms with van der Waals surface area (Å²) in [6.07, 6.45) is 6.15. The number of nitrogens with zero attached hydrogens (tertiary/aromatic N) is 3. The Labute approximate surface area is 131 Å². The molecule has 0 radical (unpaired) electrons. The minimum atomic E-state index is 0.176. The summed E-state index contributed by atoms with van der Waals surface area (Å²) < 4.78 is 0. The summed E-state index contributed by atoms with van der Waals surface area (Å²) in [5.41, 5.74) is 2.23. The second kappa shape index (κ2) is 6.60. The molecule has 4 nitrogen and oxygen atoms in total. The molecule has 2 aromatic rings. The van der Waals surface area contributed by atoms with Gasteiger partial charge in [0.2, 0.25) is 6.41 Å². The van der Waals surface area contributed by atoms with E-state index in [2.05, 4.69) is 28.1 Å². The van der Waals surface area contributed by atoms with Crippen molar-refractivity contribution in [1.82, 2.24) is 9.88 Å². The first kappa shape index (κ1) is 14.6. The quantitative estimate of drug-likeness (QED) is 0.810. The number of rotatable bonds is 4. The third-order valence-electron chi connectivity index (χ3n) is 4.32. The van der Waals surface area contributed by atoms with Gasteiger partial charge >= 0.3 is 0 Å². The Morgan fingerprint density at radius 3 is 2.68 bits per heavy atom. The highest BCUT2D eigenvalue weighted by atomic mass is 16.1. The van der Waals surface area contributed by atoms with Crippen molar-refractivity contribution >= 4 is 17.9 Å². The number of anilines is 2. The van der Waals surface area contributed by atoms with Gasteiger partial charge in [0.05, 0.1) is 6.04 Å². The molecule has 1 fully saturated rings. The van der Waals surface area contributed by atoms with Crippen molar-refractivity contribution in [2.24, 2.45) is 0 Å². The number of piperidine rings is 1. The third-order valence-corrected chi connectivity index (χ3v) is 4.32. The van der Waals surface area contributed by atoms with Crippen LogP contribution in [0.25, 0.3) is 0 Å². The molecular weight excluding hydrogens is 274 g/mol. The van der Waals surface area contributed by atoms with Gasteiger partial charge in [-0.3, -0.25) is 4.79 Å². The number of benzene rings is 1. The topological polar surface area (TPSA) is 36.4 Å². The molecule has 1 atom stereocenters. The number of pyridine rings is 1. The Kier molecular flexibility index (Phi) is 4.37. The SMILES string of the molecule is CN(c1ccccc1)c1ccc([C@@H]2CCCCN2C=O)cn1. The van der Waals surface area contributed by atoms with E-state index in [0.29, 0.717) is 0 Å². The average molecular weight is 295 g/mol. The van der Waals surface area contributed by atoms with Gasteiger partial charge in [-0.1, -0.05) is 24.3 Å². The van der Waals surface area contributed by atoms with Crippen molar-refractivity contribution in [2.75, 3.05) is 18.5 Å². The van der Waals surface area contributed by atoms with E-state index in [1.165, 1.54) is 6.42 Å². The van der Waals surface area contributed by atoms with Crippen LogP contribution in [0.5, 0.6) is 0 Å². The second-order valence-corrected chi connectivity index (χ2v) is 5.70. The fourth-order valence-electron chi connectivity index (χ4n) is 3.01. The number of amides is 1. The van der Waals surface area contributed by atoms with Gasteiger partial charge in [0.15, 0.2) is 0 Å². The van der Waals surface area contributed by atoms with E-state index in [1.54, 1.807) is 0 Å². The molecule has 0 spiro atoms. The van der Waals surface area contributed by atoms with E-state index in [0.717, 1.165) is 42.9 Å². The third kappa shape index (κ3) is 2.96. The van der Waals surface area contributed by atoms with Gasteiger partial charge in [-0.15, -0.1) is 0 Å². The van der Waals surface area contributed by atoms with Crippen LogP contribution in [0, 0.1) is 0 Å². The molecule has 2 heterocycles. The predicted molar refractivity (Wildman–Crippen MR) is 88.1 cm³/mol. The Hall–Kier alpha value is -2.36. The summed E-state index contributed by atoms with van der Waals surface area (Å²) in [6, 6.07) is 14.5. The lowest BCUT2D eigenvalue weighted by Gasteiger charge is -2.33. The number of aromatic nitrogens is 1. The van der Waals surface area contributed by atoms with Crippen LogP contribution in [-0.2, 0) is 4.79 Å². The van der Waals surface area contributed by atoms with E-state index in [4.69, 9.17) is 0 Å². The van der Waals surface area contributed by atoms with E-state index >= 15 is 0 Å². The Balaban J connectivity index is 1.79. The summed E-state index contributed by atoms with van der Waals surface area (Å²) >= 11 is 0. The lowest BCUT2D eigenvalue weighted by atomic mass is 9.97. The summed E-state index contributed by atoms with van der Waals surface area (Å²) in [5.74, 6) is 0.906. The lowest BCUT2D eigenvalue weighted by molar-refractivity contribution is -0.121. The van der Waals surface area contributed by atoms with Crippen molar-refractivity contribution in [3.63, 3.8) is 0 Å². The largest absolute Gasteiger partial charge is 0.338 e. The summed E-state index contributed by atoms with van der Waals surface area (Å²) in [5, 5.41) is 0. The number of para-hydroxylation sites is 1. The molecule has 3 rings (SSSR count). The minimum absolute atomic E-state index is 0.176. The second-order valence-electron chi connectivity index (χ2n) is 5.70. The van der Waals surface area contributed by atoms with E-state index in [-0.39, 0.29) is 6.04 Å². The maximum atomic E-state index is 11.2. The van der Waals surface area contributed by atoms with Crippen LogP contribution < -0.4 is 4.90 Å². The van der Waals surface area contributed by atoms with Gasteiger partial charge in [-0.25, -0.2) is 4.98 Å². The van der Waals surface area contributed by atoms with Gasteiger partial charge in [0.1, 0.15) is 5.82 Å². The number of carbonyl (C=O) groups excluding carboxylic acids is 1. The van der Waals surface area contributed by atoms with Crippen LogP contribution in [0.15, 0.2) is 48.7 Å². The number of hydrogen-bond donors (Lipinski definition) is 0. The monoisotopic (exact) mass is 295 g/mol. The van der Waals surface area contributed by atoms with E-state index in [9.17, 15) is 4.79 Å². The molecule has 1 aliphatic rings. The van der Waals surface area contributed by atoms with Gasteiger partial charge in [-0.2, -0.15) is 0 Å². The number of hydrogen-bond acceptors (Lipinski definition) is 3. The van der Waals surface area contributed by atoms with Crippen molar-refractivity contribution in [2.45, 2.75) is 25.3 Å². The predicted octanol–water partition coefficient (Wildman–Crippen LogP) is 3.53. The van der Waals surface area contributed by atoms with Gasteiger partial charge in [0.25, 0.3) is 0 Å². The molecule has 22 heavy (non-hydrogen) atoms. The van der Waals surface area contributed by atoms with Crippen LogP contribution in [-0.4, -0.2) is 29.9 Å². The zero-order chi connectivity index (χ0) is 15.4. The normalized spacial score (nSPS) is 18.0. The maximum absolute atomic E-state index is 11.2. The van der Waals surface area contributed by atoms with Crippen LogP contribution in [0.3, 0.4) is 0 Å². The number of likely N-dealkylation sites (tertiary alicyclic amines) is 1. The van der Waals surface area contributed by atoms with Crippen molar-refractivity contribution in [1.29, 1.82) is 0 Å². The number of carbonyl (C=O) groups is 1. The zero-order valence-electron chi connectivity index (χ0n) is 12.9.